The van der Waals surface area contributed by atoms with Gasteiger partial charge in [0.25, 0.3) is 5.91 Å². The largest absolute Gasteiger partial charge is 0.351 e. The number of anilines is 1. The van der Waals surface area contributed by atoms with Gasteiger partial charge in [0, 0.05) is 18.3 Å². The van der Waals surface area contributed by atoms with Crippen LogP contribution < -0.4 is 11.1 Å². The zero-order valence-electron chi connectivity index (χ0n) is 8.51. The number of hydrogen-bond donors (Lipinski definition) is 2. The molecule has 0 atom stereocenters. The van der Waals surface area contributed by atoms with Crippen molar-refractivity contribution in [1.29, 1.82) is 0 Å². The molecule has 1 amide bonds. The Morgan fingerprint density at radius 1 is 1.44 bits per heavy atom. The van der Waals surface area contributed by atoms with Gasteiger partial charge in [-0.05, 0) is 17.7 Å². The molecule has 82 valence electrons. The molecular weight excluding hydrogens is 206 g/mol. The van der Waals surface area contributed by atoms with E-state index in [1.165, 1.54) is 12.3 Å². The first-order chi connectivity index (χ1) is 7.79. The van der Waals surface area contributed by atoms with Gasteiger partial charge < -0.3 is 15.6 Å². The fourth-order valence-corrected chi connectivity index (χ4v) is 1.30. The van der Waals surface area contributed by atoms with E-state index >= 15 is 0 Å². The van der Waals surface area contributed by atoms with Crippen molar-refractivity contribution in [3.8, 4) is 0 Å². The summed E-state index contributed by atoms with van der Waals surface area (Å²) in [6, 6.07) is 8.83. The minimum atomic E-state index is -0.327. The van der Waals surface area contributed by atoms with Gasteiger partial charge in [-0.3, -0.25) is 4.79 Å². The Balaban J connectivity index is 2.12. The third-order valence-electron chi connectivity index (χ3n) is 2.08. The molecule has 0 saturated carbocycles. The average Bonchev–Trinajstić information content (AvgIpc) is 2.83. The molecular formula is C11H11N3O2. The number of hydrogen-bond acceptors (Lipinski definition) is 4. The van der Waals surface area contributed by atoms with Gasteiger partial charge in [-0.25, -0.2) is 0 Å². The number of amides is 1. The minimum absolute atomic E-state index is 0.179. The zero-order chi connectivity index (χ0) is 11.4. The molecule has 0 aliphatic heterocycles. The second-order valence-electron chi connectivity index (χ2n) is 3.24. The van der Waals surface area contributed by atoms with E-state index in [-0.39, 0.29) is 11.7 Å². The monoisotopic (exact) mass is 217 g/mol. The molecule has 2 rings (SSSR count). The number of rotatable bonds is 3. The number of nitrogens with one attached hydrogen (secondary N) is 1. The molecule has 0 bridgehead atoms. The molecule has 0 unspecified atom stereocenters. The molecule has 0 aliphatic rings. The van der Waals surface area contributed by atoms with E-state index in [0.717, 1.165) is 5.56 Å². The summed E-state index contributed by atoms with van der Waals surface area (Å²) in [7, 11) is 0. The zero-order valence-corrected chi connectivity index (χ0v) is 8.51. The minimum Gasteiger partial charge on any atom is -0.351 e. The lowest BCUT2D eigenvalue weighted by molar-refractivity contribution is 0.0988. The van der Waals surface area contributed by atoms with Crippen LogP contribution in [0.1, 0.15) is 16.1 Å². The first-order valence-corrected chi connectivity index (χ1v) is 4.80. The molecule has 0 radical (unpaired) electrons. The van der Waals surface area contributed by atoms with Gasteiger partial charge in [-0.1, -0.05) is 17.3 Å². The van der Waals surface area contributed by atoms with E-state index in [9.17, 15) is 4.79 Å². The Hall–Kier alpha value is -2.14. The standard InChI is InChI=1S/C11H11N3O2/c12-7-8-2-1-3-9(6-8)14-11(15)10-4-5-13-16-10/h1-6H,7,12H2,(H,14,15). The third kappa shape index (κ3) is 2.26. The van der Waals surface area contributed by atoms with Gasteiger partial charge in [0.05, 0.1) is 6.20 Å². The normalized spacial score (nSPS) is 10.1. The summed E-state index contributed by atoms with van der Waals surface area (Å²) in [6.07, 6.45) is 1.42. The maximum absolute atomic E-state index is 11.6. The van der Waals surface area contributed by atoms with Crippen LogP contribution in [-0.2, 0) is 6.54 Å². The van der Waals surface area contributed by atoms with Gasteiger partial charge in [-0.2, -0.15) is 0 Å². The molecule has 3 N–H and O–H groups in total. The fraction of sp³-hybridized carbons (Fsp3) is 0.0909. The highest BCUT2D eigenvalue weighted by Crippen LogP contribution is 2.11. The smallest absolute Gasteiger partial charge is 0.294 e. The number of carbonyl (C=O) groups is 1. The van der Waals surface area contributed by atoms with Crippen LogP contribution >= 0.6 is 0 Å². The Morgan fingerprint density at radius 3 is 3.00 bits per heavy atom. The summed E-state index contributed by atoms with van der Waals surface area (Å²) in [4.78, 5) is 11.6. The van der Waals surface area contributed by atoms with E-state index in [4.69, 9.17) is 10.3 Å². The lowest BCUT2D eigenvalue weighted by Crippen LogP contribution is -2.11. The Labute approximate surface area is 92.2 Å². The van der Waals surface area contributed by atoms with Crippen LogP contribution in [0.5, 0.6) is 0 Å². The van der Waals surface area contributed by atoms with Gasteiger partial charge >= 0.3 is 0 Å². The Bertz CT molecular complexity index is 480. The molecule has 2 aromatic rings. The van der Waals surface area contributed by atoms with Gasteiger partial charge in [0.2, 0.25) is 5.76 Å². The van der Waals surface area contributed by atoms with Crippen molar-refractivity contribution in [2.75, 3.05) is 5.32 Å². The van der Waals surface area contributed by atoms with Crippen molar-refractivity contribution in [2.24, 2.45) is 5.73 Å². The Morgan fingerprint density at radius 2 is 2.31 bits per heavy atom. The second-order valence-corrected chi connectivity index (χ2v) is 3.24. The number of nitrogens with zero attached hydrogens (tertiary/aromatic N) is 1. The van der Waals surface area contributed by atoms with Crippen molar-refractivity contribution in [1.82, 2.24) is 5.16 Å². The maximum Gasteiger partial charge on any atom is 0.294 e. The lowest BCUT2D eigenvalue weighted by atomic mass is 10.2. The number of carbonyl (C=O) groups excluding carboxylic acids is 1. The van der Waals surface area contributed by atoms with Crippen LogP contribution in [0.15, 0.2) is 41.1 Å². The summed E-state index contributed by atoms with van der Waals surface area (Å²) >= 11 is 0. The molecule has 1 heterocycles. The molecule has 5 nitrogen and oxygen atoms in total. The highest BCUT2D eigenvalue weighted by Gasteiger charge is 2.09. The molecule has 0 fully saturated rings. The topological polar surface area (TPSA) is 81.1 Å². The summed E-state index contributed by atoms with van der Waals surface area (Å²) in [5.41, 5.74) is 7.14. The van der Waals surface area contributed by atoms with E-state index in [0.29, 0.717) is 12.2 Å². The summed E-state index contributed by atoms with van der Waals surface area (Å²) < 4.78 is 4.74. The van der Waals surface area contributed by atoms with E-state index < -0.39 is 0 Å². The number of benzene rings is 1. The molecule has 0 spiro atoms. The molecule has 0 aliphatic carbocycles. The Kier molecular flexibility index (Phi) is 2.98. The highest BCUT2D eigenvalue weighted by atomic mass is 16.5. The van der Waals surface area contributed by atoms with Crippen LogP contribution in [0.25, 0.3) is 0 Å². The number of aromatic nitrogens is 1. The van der Waals surface area contributed by atoms with Gasteiger partial charge in [0.1, 0.15) is 0 Å². The predicted molar refractivity (Wildman–Crippen MR) is 58.8 cm³/mol. The molecule has 5 heteroatoms. The van der Waals surface area contributed by atoms with E-state index in [1.807, 2.05) is 18.2 Å². The first kappa shape index (κ1) is 10.4. The molecule has 1 aromatic heterocycles. The van der Waals surface area contributed by atoms with E-state index in [1.54, 1.807) is 6.07 Å². The lowest BCUT2D eigenvalue weighted by Gasteiger charge is -2.04. The average molecular weight is 217 g/mol. The van der Waals surface area contributed by atoms with Gasteiger partial charge in [0.15, 0.2) is 0 Å². The summed E-state index contributed by atoms with van der Waals surface area (Å²) in [6.45, 7) is 0.437. The van der Waals surface area contributed by atoms with Crippen LogP contribution in [0, 0.1) is 0 Å². The van der Waals surface area contributed by atoms with Crippen molar-refractivity contribution in [3.05, 3.63) is 47.9 Å². The van der Waals surface area contributed by atoms with Crippen LogP contribution in [0.3, 0.4) is 0 Å². The van der Waals surface area contributed by atoms with Crippen LogP contribution in [-0.4, -0.2) is 11.1 Å². The second kappa shape index (κ2) is 4.59. The molecule has 16 heavy (non-hydrogen) atoms. The van der Waals surface area contributed by atoms with Crippen molar-refractivity contribution in [2.45, 2.75) is 6.54 Å². The van der Waals surface area contributed by atoms with Gasteiger partial charge in [-0.15, -0.1) is 0 Å². The highest BCUT2D eigenvalue weighted by molar-refractivity contribution is 6.02. The third-order valence-corrected chi connectivity index (χ3v) is 2.08. The van der Waals surface area contributed by atoms with Crippen molar-refractivity contribution in [3.63, 3.8) is 0 Å². The fourth-order valence-electron chi connectivity index (χ4n) is 1.30. The number of nitrogens with two attached hydrogens (primary N) is 1. The quantitative estimate of drug-likeness (QED) is 0.813. The first-order valence-electron chi connectivity index (χ1n) is 4.80. The summed E-state index contributed by atoms with van der Waals surface area (Å²) in [5.74, 6) is -0.148. The molecule has 0 saturated heterocycles. The molecule has 1 aromatic carbocycles. The van der Waals surface area contributed by atoms with Crippen molar-refractivity contribution < 1.29 is 9.32 Å². The summed E-state index contributed by atoms with van der Waals surface area (Å²) in [5, 5.41) is 6.15. The van der Waals surface area contributed by atoms with Crippen LogP contribution in [0.4, 0.5) is 5.69 Å². The van der Waals surface area contributed by atoms with Crippen LogP contribution in [0.2, 0.25) is 0 Å². The predicted octanol–water partition coefficient (Wildman–Crippen LogP) is 1.39. The maximum atomic E-state index is 11.6. The van der Waals surface area contributed by atoms with E-state index in [2.05, 4.69) is 10.5 Å². The van der Waals surface area contributed by atoms with Crippen molar-refractivity contribution >= 4 is 11.6 Å². The SMILES string of the molecule is NCc1cccc(NC(=O)c2ccno2)c1.